The van der Waals surface area contributed by atoms with Crippen molar-refractivity contribution < 1.29 is 14.6 Å². The molecular weight excluding hydrogens is 366 g/mol. The van der Waals surface area contributed by atoms with E-state index in [0.29, 0.717) is 5.92 Å². The predicted octanol–water partition coefficient (Wildman–Crippen LogP) is 4.70. The van der Waals surface area contributed by atoms with Gasteiger partial charge in [0.1, 0.15) is 12.3 Å². The molecule has 0 radical (unpaired) electrons. The van der Waals surface area contributed by atoms with Gasteiger partial charge in [-0.15, -0.1) is 0 Å². The number of carboxylic acid groups (broad SMARTS) is 1. The first kappa shape index (κ1) is 21.2. The molecule has 6 heteroatoms. The molecule has 0 bridgehead atoms. The number of unbranched alkanes of at least 4 members (excludes halogenated alkanes) is 5. The quantitative estimate of drug-likeness (QED) is 0.495. The highest BCUT2D eigenvalue weighted by molar-refractivity contribution is 5.76. The number of imidazole rings is 1. The van der Waals surface area contributed by atoms with Crippen molar-refractivity contribution in [3.05, 3.63) is 42.5 Å². The molecule has 1 aromatic carbocycles. The van der Waals surface area contributed by atoms with E-state index in [4.69, 9.17) is 4.74 Å². The number of benzene rings is 1. The van der Waals surface area contributed by atoms with E-state index in [1.807, 2.05) is 29.6 Å². The summed E-state index contributed by atoms with van der Waals surface area (Å²) in [4.78, 5) is 17.3. The van der Waals surface area contributed by atoms with Crippen molar-refractivity contribution in [1.29, 1.82) is 0 Å². The lowest BCUT2D eigenvalue weighted by Crippen LogP contribution is -2.28. The van der Waals surface area contributed by atoms with E-state index in [1.54, 1.807) is 6.20 Å². The molecule has 6 nitrogen and oxygen atoms in total. The lowest BCUT2D eigenvalue weighted by atomic mass is 9.97. The zero-order chi connectivity index (χ0) is 20.5. The van der Waals surface area contributed by atoms with Crippen LogP contribution in [-0.2, 0) is 11.3 Å². The fourth-order valence-corrected chi connectivity index (χ4v) is 4.06. The second-order valence-electron chi connectivity index (χ2n) is 7.90. The maximum Gasteiger partial charge on any atom is 0.323 e. The first-order chi connectivity index (χ1) is 14.2. The van der Waals surface area contributed by atoms with Crippen molar-refractivity contribution in [2.24, 2.45) is 0 Å². The first-order valence-corrected chi connectivity index (χ1v) is 10.9. The summed E-state index contributed by atoms with van der Waals surface area (Å²) in [6, 6.07) is 6.11. The van der Waals surface area contributed by atoms with Crippen molar-refractivity contribution in [3.8, 4) is 5.75 Å². The van der Waals surface area contributed by atoms with Gasteiger partial charge < -0.3 is 19.3 Å². The smallest absolute Gasteiger partial charge is 0.323 e. The Hall–Kier alpha value is -2.50. The van der Waals surface area contributed by atoms with Crippen LogP contribution in [0.2, 0.25) is 0 Å². The van der Waals surface area contributed by atoms with Crippen molar-refractivity contribution in [2.45, 2.75) is 64.3 Å². The van der Waals surface area contributed by atoms with Crippen molar-refractivity contribution >= 4 is 11.7 Å². The second kappa shape index (κ2) is 10.9. The average molecular weight is 400 g/mol. The van der Waals surface area contributed by atoms with Gasteiger partial charge in [-0.25, -0.2) is 4.98 Å². The lowest BCUT2D eigenvalue weighted by molar-refractivity contribution is -0.135. The van der Waals surface area contributed by atoms with E-state index < -0.39 is 5.97 Å². The highest BCUT2D eigenvalue weighted by Gasteiger charge is 2.30. The Bertz CT molecular complexity index is 761. The van der Waals surface area contributed by atoms with Gasteiger partial charge in [-0.1, -0.05) is 39.0 Å². The number of fused-ring (bicyclic) bond motifs is 1. The monoisotopic (exact) mass is 399 g/mol. The third kappa shape index (κ3) is 6.24. The van der Waals surface area contributed by atoms with E-state index in [1.165, 1.54) is 37.7 Å². The molecule has 0 saturated carbocycles. The molecule has 158 valence electrons. The van der Waals surface area contributed by atoms with Crippen LogP contribution in [0.25, 0.3) is 0 Å². The molecule has 1 aromatic heterocycles. The van der Waals surface area contributed by atoms with Gasteiger partial charge in [0.25, 0.3) is 0 Å². The maximum atomic E-state index is 11.3. The van der Waals surface area contributed by atoms with E-state index in [2.05, 4.69) is 22.5 Å². The van der Waals surface area contributed by atoms with Crippen LogP contribution in [0.15, 0.2) is 36.9 Å². The molecule has 3 rings (SSSR count). The van der Waals surface area contributed by atoms with Crippen molar-refractivity contribution in [3.63, 3.8) is 0 Å². The average Bonchev–Trinajstić information content (AvgIpc) is 3.33. The molecule has 0 spiro atoms. The predicted molar refractivity (Wildman–Crippen MR) is 115 cm³/mol. The molecule has 1 unspecified atom stereocenters. The topological polar surface area (TPSA) is 67.6 Å². The number of aliphatic carboxylic acids is 1. The lowest BCUT2D eigenvalue weighted by Gasteiger charge is -2.17. The Morgan fingerprint density at radius 2 is 2.07 bits per heavy atom. The molecule has 0 aliphatic carbocycles. The van der Waals surface area contributed by atoms with Gasteiger partial charge in [0.2, 0.25) is 0 Å². The van der Waals surface area contributed by atoms with Gasteiger partial charge in [-0.05, 0) is 36.6 Å². The van der Waals surface area contributed by atoms with E-state index >= 15 is 0 Å². The van der Waals surface area contributed by atoms with Crippen molar-refractivity contribution in [1.82, 2.24) is 9.55 Å². The van der Waals surface area contributed by atoms with Crippen LogP contribution in [-0.4, -0.2) is 40.3 Å². The number of carbonyl (C=O) groups is 1. The highest BCUT2D eigenvalue weighted by atomic mass is 16.5. The fourth-order valence-electron chi connectivity index (χ4n) is 4.06. The SMILES string of the molecule is CCCCCCCCOc1ccc2c(c1)C(CCn1ccnc1)CN2CC(=O)O. The number of aromatic nitrogens is 2. The highest BCUT2D eigenvalue weighted by Crippen LogP contribution is 2.40. The van der Waals surface area contributed by atoms with Crippen LogP contribution in [0.5, 0.6) is 5.75 Å². The molecular formula is C23H33N3O3. The normalized spacial score (nSPS) is 15.5. The third-order valence-corrected chi connectivity index (χ3v) is 5.61. The van der Waals surface area contributed by atoms with Gasteiger partial charge >= 0.3 is 5.97 Å². The number of hydrogen-bond donors (Lipinski definition) is 1. The first-order valence-electron chi connectivity index (χ1n) is 10.9. The molecule has 2 aromatic rings. The summed E-state index contributed by atoms with van der Waals surface area (Å²) in [6.07, 6.45) is 14.0. The van der Waals surface area contributed by atoms with Crippen LogP contribution in [0.1, 0.15) is 63.4 Å². The van der Waals surface area contributed by atoms with E-state index in [-0.39, 0.29) is 6.54 Å². The van der Waals surface area contributed by atoms with E-state index in [0.717, 1.165) is 44.0 Å². The minimum absolute atomic E-state index is 0.0343. The Morgan fingerprint density at radius 1 is 1.24 bits per heavy atom. The number of aryl methyl sites for hydroxylation is 1. The zero-order valence-electron chi connectivity index (χ0n) is 17.4. The van der Waals surface area contributed by atoms with Gasteiger partial charge in [0, 0.05) is 37.1 Å². The standard InChI is InChI=1S/C23H33N3O3/c1-2-3-4-5-6-7-14-29-20-8-9-22-21(15-20)19(16-26(22)17-23(27)28)10-12-25-13-11-24-18-25/h8-9,11,13,15,18-19H,2-7,10,12,14,16-17H2,1H3,(H,27,28). The minimum atomic E-state index is -0.797. The van der Waals surface area contributed by atoms with Crippen molar-refractivity contribution in [2.75, 3.05) is 24.6 Å². The van der Waals surface area contributed by atoms with Crippen LogP contribution < -0.4 is 9.64 Å². The number of ether oxygens (including phenoxy) is 1. The molecule has 1 N–H and O–H groups in total. The molecule has 29 heavy (non-hydrogen) atoms. The number of hydrogen-bond acceptors (Lipinski definition) is 4. The minimum Gasteiger partial charge on any atom is -0.494 e. The third-order valence-electron chi connectivity index (χ3n) is 5.61. The molecule has 2 heterocycles. The largest absolute Gasteiger partial charge is 0.494 e. The van der Waals surface area contributed by atoms with E-state index in [9.17, 15) is 9.90 Å². The summed E-state index contributed by atoms with van der Waals surface area (Å²) in [6.45, 7) is 4.61. The number of carboxylic acids is 1. The van der Waals surface area contributed by atoms with Crippen LogP contribution in [0.3, 0.4) is 0 Å². The Kier molecular flexibility index (Phi) is 7.96. The molecule has 0 fully saturated rings. The Morgan fingerprint density at radius 3 is 2.83 bits per heavy atom. The second-order valence-corrected chi connectivity index (χ2v) is 7.90. The maximum absolute atomic E-state index is 11.3. The zero-order valence-corrected chi connectivity index (χ0v) is 17.4. The van der Waals surface area contributed by atoms with Crippen LogP contribution in [0, 0.1) is 0 Å². The number of anilines is 1. The summed E-state index contributed by atoms with van der Waals surface area (Å²) in [5.74, 6) is 0.390. The molecule has 1 aliphatic rings. The number of rotatable bonds is 13. The van der Waals surface area contributed by atoms with Crippen LogP contribution >= 0.6 is 0 Å². The Labute approximate surface area is 173 Å². The molecule has 0 amide bonds. The number of nitrogens with zero attached hydrogens (tertiary/aromatic N) is 3. The molecule has 1 aliphatic heterocycles. The summed E-state index contributed by atoms with van der Waals surface area (Å²) >= 11 is 0. The molecule has 0 saturated heterocycles. The van der Waals surface area contributed by atoms with Gasteiger partial charge in [0.15, 0.2) is 0 Å². The van der Waals surface area contributed by atoms with Gasteiger partial charge in [0.05, 0.1) is 12.9 Å². The Balaban J connectivity index is 1.59. The molecule has 1 atom stereocenters. The summed E-state index contributed by atoms with van der Waals surface area (Å²) < 4.78 is 8.07. The van der Waals surface area contributed by atoms with Crippen LogP contribution in [0.4, 0.5) is 5.69 Å². The fraction of sp³-hybridized carbons (Fsp3) is 0.565. The summed E-state index contributed by atoms with van der Waals surface area (Å²) in [5, 5.41) is 9.26. The summed E-state index contributed by atoms with van der Waals surface area (Å²) in [7, 11) is 0. The van der Waals surface area contributed by atoms with Gasteiger partial charge in [-0.3, -0.25) is 4.79 Å². The van der Waals surface area contributed by atoms with Gasteiger partial charge in [-0.2, -0.15) is 0 Å². The summed E-state index contributed by atoms with van der Waals surface area (Å²) in [5.41, 5.74) is 2.22.